The molecule has 0 atom stereocenters. The van der Waals surface area contributed by atoms with Crippen molar-refractivity contribution in [2.75, 3.05) is 5.32 Å². The van der Waals surface area contributed by atoms with E-state index in [4.69, 9.17) is 23.2 Å². The topological polar surface area (TPSA) is 72.2 Å². The average molecular weight is 419 g/mol. The molecule has 0 spiro atoms. The van der Waals surface area contributed by atoms with Gasteiger partial charge in [0.2, 0.25) is 0 Å². The molecule has 0 bridgehead atoms. The molecule has 0 aliphatic heterocycles. The van der Waals surface area contributed by atoms with Gasteiger partial charge >= 0.3 is 0 Å². The number of nitrogens with one attached hydrogen (secondary N) is 1. The summed E-state index contributed by atoms with van der Waals surface area (Å²) in [7, 11) is 0. The number of nitro benzene ring substituents is 1. The number of benzene rings is 3. The zero-order valence-corrected chi connectivity index (χ0v) is 16.0. The van der Waals surface area contributed by atoms with E-state index in [0.717, 1.165) is 9.79 Å². The molecule has 0 aliphatic carbocycles. The molecule has 1 amide bonds. The van der Waals surface area contributed by atoms with E-state index in [1.54, 1.807) is 36.4 Å². The molecule has 0 radical (unpaired) electrons. The van der Waals surface area contributed by atoms with E-state index in [1.165, 1.54) is 30.0 Å². The van der Waals surface area contributed by atoms with Crippen LogP contribution in [0.25, 0.3) is 0 Å². The van der Waals surface area contributed by atoms with Gasteiger partial charge in [-0.15, -0.1) is 0 Å². The maximum atomic E-state index is 12.3. The maximum Gasteiger partial charge on any atom is 0.269 e. The van der Waals surface area contributed by atoms with Crippen molar-refractivity contribution in [1.29, 1.82) is 0 Å². The molecule has 3 rings (SSSR count). The highest BCUT2D eigenvalue weighted by molar-refractivity contribution is 7.99. The standard InChI is InChI=1S/C19H12Cl2N2O3S/c20-12-1-10-17(18(21)11-12)19(24)22-13-2-6-15(7-3-13)27-16-8-4-14(5-9-16)23(25)26/h1-11H,(H,22,24). The minimum absolute atomic E-state index is 0.0540. The first kappa shape index (κ1) is 19.2. The van der Waals surface area contributed by atoms with Gasteiger partial charge in [0.1, 0.15) is 0 Å². The molecule has 0 heterocycles. The number of rotatable bonds is 5. The lowest BCUT2D eigenvalue weighted by atomic mass is 10.2. The molecule has 27 heavy (non-hydrogen) atoms. The van der Waals surface area contributed by atoms with Crippen LogP contribution in [0.15, 0.2) is 76.5 Å². The molecule has 3 aromatic carbocycles. The van der Waals surface area contributed by atoms with Crippen LogP contribution in [0.2, 0.25) is 10.0 Å². The first-order chi connectivity index (χ1) is 12.9. The number of amides is 1. The van der Waals surface area contributed by atoms with Crippen LogP contribution in [-0.2, 0) is 0 Å². The fourth-order valence-corrected chi connectivity index (χ4v) is 3.56. The van der Waals surface area contributed by atoms with Gasteiger partial charge in [0, 0.05) is 32.6 Å². The molecule has 0 aromatic heterocycles. The third-order valence-corrected chi connectivity index (χ3v) is 5.13. The quantitative estimate of drug-likeness (QED) is 0.389. The SMILES string of the molecule is O=C(Nc1ccc(Sc2ccc([N+](=O)[O-])cc2)cc1)c1ccc(Cl)cc1Cl. The number of non-ortho nitro benzene ring substituents is 1. The summed E-state index contributed by atoms with van der Waals surface area (Å²) in [4.78, 5) is 24.4. The van der Waals surface area contributed by atoms with Gasteiger partial charge < -0.3 is 5.32 Å². The van der Waals surface area contributed by atoms with Crippen LogP contribution in [0.3, 0.4) is 0 Å². The van der Waals surface area contributed by atoms with Gasteiger partial charge in [-0.1, -0.05) is 35.0 Å². The largest absolute Gasteiger partial charge is 0.322 e. The highest BCUT2D eigenvalue weighted by Crippen LogP contribution is 2.30. The molecule has 0 fully saturated rings. The smallest absolute Gasteiger partial charge is 0.269 e. The summed E-state index contributed by atoms with van der Waals surface area (Å²) in [5.41, 5.74) is 1.02. The first-order valence-electron chi connectivity index (χ1n) is 7.71. The summed E-state index contributed by atoms with van der Waals surface area (Å²) < 4.78 is 0. The lowest BCUT2D eigenvalue weighted by Gasteiger charge is -2.08. The van der Waals surface area contributed by atoms with Crippen LogP contribution in [0.1, 0.15) is 10.4 Å². The Morgan fingerprint density at radius 3 is 2.07 bits per heavy atom. The third kappa shape index (κ3) is 5.01. The molecule has 8 heteroatoms. The predicted molar refractivity (Wildman–Crippen MR) is 108 cm³/mol. The number of carbonyl (C=O) groups excluding carboxylic acids is 1. The van der Waals surface area contributed by atoms with Gasteiger partial charge in [-0.3, -0.25) is 14.9 Å². The Labute approximate surface area is 169 Å². The van der Waals surface area contributed by atoms with Crippen LogP contribution < -0.4 is 5.32 Å². The number of hydrogen-bond donors (Lipinski definition) is 1. The average Bonchev–Trinajstić information content (AvgIpc) is 2.63. The lowest BCUT2D eigenvalue weighted by Crippen LogP contribution is -2.12. The third-order valence-electron chi connectivity index (χ3n) is 3.57. The van der Waals surface area contributed by atoms with E-state index in [0.29, 0.717) is 16.3 Å². The van der Waals surface area contributed by atoms with E-state index < -0.39 is 4.92 Å². The van der Waals surface area contributed by atoms with Crippen molar-refractivity contribution >= 4 is 52.2 Å². The van der Waals surface area contributed by atoms with Crippen LogP contribution in [0.5, 0.6) is 0 Å². The van der Waals surface area contributed by atoms with E-state index in [9.17, 15) is 14.9 Å². The Hall–Kier alpha value is -2.54. The normalized spacial score (nSPS) is 10.4. The Morgan fingerprint density at radius 2 is 1.52 bits per heavy atom. The number of carbonyl (C=O) groups is 1. The number of nitrogens with zero attached hydrogens (tertiary/aromatic N) is 1. The van der Waals surface area contributed by atoms with Crippen molar-refractivity contribution in [3.05, 3.63) is 92.5 Å². The van der Waals surface area contributed by atoms with Crippen molar-refractivity contribution in [2.24, 2.45) is 0 Å². The molecule has 0 unspecified atom stereocenters. The molecule has 3 aromatic rings. The highest BCUT2D eigenvalue weighted by atomic mass is 35.5. The Morgan fingerprint density at radius 1 is 0.926 bits per heavy atom. The van der Waals surface area contributed by atoms with Gasteiger partial charge in [0.25, 0.3) is 11.6 Å². The second-order valence-corrected chi connectivity index (χ2v) is 7.45. The number of hydrogen-bond acceptors (Lipinski definition) is 4. The van der Waals surface area contributed by atoms with Crippen LogP contribution >= 0.6 is 35.0 Å². The lowest BCUT2D eigenvalue weighted by molar-refractivity contribution is -0.384. The number of nitro groups is 1. The molecular weight excluding hydrogens is 407 g/mol. The first-order valence-corrected chi connectivity index (χ1v) is 9.28. The van der Waals surface area contributed by atoms with Gasteiger partial charge in [-0.25, -0.2) is 0 Å². The Bertz CT molecular complexity index is 993. The van der Waals surface area contributed by atoms with E-state index >= 15 is 0 Å². The molecule has 0 saturated carbocycles. The minimum Gasteiger partial charge on any atom is -0.322 e. The second kappa shape index (κ2) is 8.43. The molecule has 0 saturated heterocycles. The second-order valence-electron chi connectivity index (χ2n) is 5.46. The fourth-order valence-electron chi connectivity index (χ4n) is 2.25. The summed E-state index contributed by atoms with van der Waals surface area (Å²) in [5, 5.41) is 14.2. The van der Waals surface area contributed by atoms with Gasteiger partial charge in [0.05, 0.1) is 15.5 Å². The number of anilines is 1. The zero-order chi connectivity index (χ0) is 19.4. The molecule has 5 nitrogen and oxygen atoms in total. The van der Waals surface area contributed by atoms with Crippen molar-refractivity contribution in [1.82, 2.24) is 0 Å². The minimum atomic E-state index is -0.432. The van der Waals surface area contributed by atoms with Crippen LogP contribution in [0, 0.1) is 10.1 Å². The Kier molecular flexibility index (Phi) is 6.01. The molecule has 1 N–H and O–H groups in total. The summed E-state index contributed by atoms with van der Waals surface area (Å²) in [5.74, 6) is -0.326. The van der Waals surface area contributed by atoms with Gasteiger partial charge in [-0.2, -0.15) is 0 Å². The van der Waals surface area contributed by atoms with Crippen LogP contribution in [-0.4, -0.2) is 10.8 Å². The monoisotopic (exact) mass is 418 g/mol. The van der Waals surface area contributed by atoms with Crippen molar-refractivity contribution in [2.45, 2.75) is 9.79 Å². The van der Waals surface area contributed by atoms with Gasteiger partial charge in [-0.05, 0) is 54.6 Å². The van der Waals surface area contributed by atoms with Crippen molar-refractivity contribution in [3.63, 3.8) is 0 Å². The summed E-state index contributed by atoms with van der Waals surface area (Å²) >= 11 is 13.3. The summed E-state index contributed by atoms with van der Waals surface area (Å²) in [6, 6.07) is 18.3. The maximum absolute atomic E-state index is 12.3. The highest BCUT2D eigenvalue weighted by Gasteiger charge is 2.11. The summed E-state index contributed by atoms with van der Waals surface area (Å²) in [6.07, 6.45) is 0. The van der Waals surface area contributed by atoms with E-state index in [-0.39, 0.29) is 16.6 Å². The predicted octanol–water partition coefficient (Wildman–Crippen LogP) is 6.31. The fraction of sp³-hybridized carbons (Fsp3) is 0. The van der Waals surface area contributed by atoms with Gasteiger partial charge in [0.15, 0.2) is 0 Å². The van der Waals surface area contributed by atoms with E-state index in [1.807, 2.05) is 12.1 Å². The van der Waals surface area contributed by atoms with Crippen molar-refractivity contribution in [3.8, 4) is 0 Å². The van der Waals surface area contributed by atoms with E-state index in [2.05, 4.69) is 5.32 Å². The van der Waals surface area contributed by atoms with Crippen molar-refractivity contribution < 1.29 is 9.72 Å². The van der Waals surface area contributed by atoms with Crippen LogP contribution in [0.4, 0.5) is 11.4 Å². The molecule has 0 aliphatic rings. The molecule has 136 valence electrons. The summed E-state index contributed by atoms with van der Waals surface area (Å²) in [6.45, 7) is 0. The Balaban J connectivity index is 1.66. The molecular formula is C19H12Cl2N2O3S. The number of halogens is 2. The zero-order valence-electron chi connectivity index (χ0n) is 13.7.